The molecule has 0 fully saturated rings. The molecular formula is C19H30Br2N2O2SSi. The van der Waals surface area contributed by atoms with Crippen LogP contribution in [0.4, 0.5) is 0 Å². The van der Waals surface area contributed by atoms with Crippen LogP contribution in [0.1, 0.15) is 58.4 Å². The van der Waals surface area contributed by atoms with Crippen molar-refractivity contribution >= 4 is 57.8 Å². The highest BCUT2D eigenvalue weighted by Gasteiger charge is 2.41. The van der Waals surface area contributed by atoms with Crippen LogP contribution in [0, 0.1) is 0 Å². The van der Waals surface area contributed by atoms with E-state index in [0.717, 1.165) is 21.9 Å². The van der Waals surface area contributed by atoms with Gasteiger partial charge in [0.15, 0.2) is 8.32 Å². The summed E-state index contributed by atoms with van der Waals surface area (Å²) in [6.07, 6.45) is 3.50. The van der Waals surface area contributed by atoms with Crippen molar-refractivity contribution in [2.75, 3.05) is 0 Å². The first-order valence-electron chi connectivity index (χ1n) is 9.14. The molecule has 27 heavy (non-hydrogen) atoms. The van der Waals surface area contributed by atoms with Gasteiger partial charge < -0.3 is 8.98 Å². The van der Waals surface area contributed by atoms with Gasteiger partial charge in [0.2, 0.25) is 0 Å². The molecule has 2 atom stereocenters. The van der Waals surface area contributed by atoms with Gasteiger partial charge in [0.1, 0.15) is 32.6 Å². The molecule has 4 nitrogen and oxygen atoms in total. The number of pyridine rings is 1. The van der Waals surface area contributed by atoms with Gasteiger partial charge in [-0.25, -0.2) is 4.98 Å². The number of nitrogens with zero attached hydrogens (tertiary/aromatic N) is 2. The standard InChI is InChI=1S/C19H30Br2N2O2SSi/c1-18(2,3)26(24)22-11-15-16(20)13-9-12(10-14(13)17(21)23-15)25-27(7,8)19(4,5)6/h11-12H,9-10H2,1-8H3/t12?,26-/m0/s1. The van der Waals surface area contributed by atoms with Crippen LogP contribution in [0.3, 0.4) is 0 Å². The van der Waals surface area contributed by atoms with Crippen LogP contribution in [0.2, 0.25) is 18.1 Å². The Hall–Kier alpha value is 0.267. The van der Waals surface area contributed by atoms with Crippen molar-refractivity contribution in [3.05, 3.63) is 25.9 Å². The maximum Gasteiger partial charge on any atom is 0.192 e. The van der Waals surface area contributed by atoms with Gasteiger partial charge in [-0.3, -0.25) is 0 Å². The van der Waals surface area contributed by atoms with Crippen LogP contribution in [0.5, 0.6) is 0 Å². The second kappa shape index (κ2) is 8.18. The third kappa shape index (κ3) is 5.45. The Balaban J connectivity index is 2.26. The molecule has 8 heteroatoms. The summed E-state index contributed by atoms with van der Waals surface area (Å²) >= 11 is 6.00. The summed E-state index contributed by atoms with van der Waals surface area (Å²) in [4.78, 5) is 4.62. The minimum absolute atomic E-state index is 0.172. The Kier molecular flexibility index (Phi) is 7.14. The predicted molar refractivity (Wildman–Crippen MR) is 125 cm³/mol. The molecule has 0 aromatic carbocycles. The van der Waals surface area contributed by atoms with Crippen molar-refractivity contribution in [1.82, 2.24) is 4.98 Å². The number of rotatable bonds is 4. The number of halogens is 2. The van der Waals surface area contributed by atoms with E-state index in [1.54, 1.807) is 6.21 Å². The second-order valence-electron chi connectivity index (χ2n) is 9.56. The molecule has 0 saturated carbocycles. The summed E-state index contributed by atoms with van der Waals surface area (Å²) < 4.78 is 24.4. The van der Waals surface area contributed by atoms with Crippen molar-refractivity contribution in [2.24, 2.45) is 4.40 Å². The highest BCUT2D eigenvalue weighted by atomic mass is 79.9. The molecular weight excluding hydrogens is 508 g/mol. The third-order valence-corrected chi connectivity index (χ3v) is 12.7. The molecule has 1 aliphatic carbocycles. The molecule has 1 aromatic heterocycles. The van der Waals surface area contributed by atoms with E-state index in [4.69, 9.17) is 4.43 Å². The lowest BCUT2D eigenvalue weighted by Crippen LogP contribution is -2.44. The number of fused-ring (bicyclic) bond motifs is 1. The molecule has 0 amide bonds. The van der Waals surface area contributed by atoms with Crippen molar-refractivity contribution in [1.29, 1.82) is 0 Å². The van der Waals surface area contributed by atoms with Crippen LogP contribution in [-0.2, 0) is 28.6 Å². The Bertz CT molecular complexity index is 743. The molecule has 0 saturated heterocycles. The highest BCUT2D eigenvalue weighted by Crippen LogP contribution is 2.41. The van der Waals surface area contributed by atoms with E-state index in [9.17, 15) is 4.55 Å². The van der Waals surface area contributed by atoms with Crippen LogP contribution in [0.25, 0.3) is 0 Å². The van der Waals surface area contributed by atoms with Gasteiger partial charge in [0.25, 0.3) is 0 Å². The maximum absolute atomic E-state index is 12.2. The van der Waals surface area contributed by atoms with Gasteiger partial charge in [0.05, 0.1) is 6.10 Å². The molecule has 2 rings (SSSR count). The summed E-state index contributed by atoms with van der Waals surface area (Å²) in [5, 5.41) is 0.184. The van der Waals surface area contributed by atoms with Gasteiger partial charge >= 0.3 is 0 Å². The van der Waals surface area contributed by atoms with Crippen LogP contribution in [-0.4, -0.2) is 34.9 Å². The molecule has 0 aliphatic heterocycles. The fraction of sp³-hybridized carbons (Fsp3) is 0.684. The van der Waals surface area contributed by atoms with E-state index in [-0.39, 0.29) is 15.9 Å². The molecule has 1 unspecified atom stereocenters. The van der Waals surface area contributed by atoms with Gasteiger partial charge in [-0.1, -0.05) is 25.2 Å². The largest absolute Gasteiger partial charge is 0.591 e. The van der Waals surface area contributed by atoms with Gasteiger partial charge in [-0.05, 0) is 88.3 Å². The number of hydrogen-bond acceptors (Lipinski definition) is 4. The van der Waals surface area contributed by atoms with E-state index >= 15 is 0 Å². The fourth-order valence-electron chi connectivity index (χ4n) is 2.60. The molecule has 0 spiro atoms. The van der Waals surface area contributed by atoms with Crippen molar-refractivity contribution in [3.8, 4) is 0 Å². The molecule has 0 radical (unpaired) electrons. The van der Waals surface area contributed by atoms with E-state index in [2.05, 4.69) is 75.1 Å². The fourth-order valence-corrected chi connectivity index (χ4v) is 5.65. The van der Waals surface area contributed by atoms with Gasteiger partial charge in [0, 0.05) is 10.9 Å². The van der Waals surface area contributed by atoms with Crippen LogP contribution < -0.4 is 0 Å². The molecule has 152 valence electrons. The minimum Gasteiger partial charge on any atom is -0.591 e. The van der Waals surface area contributed by atoms with E-state index in [1.807, 2.05) is 20.8 Å². The molecule has 1 heterocycles. The zero-order valence-electron chi connectivity index (χ0n) is 17.4. The van der Waals surface area contributed by atoms with Gasteiger partial charge in [-0.2, -0.15) is 0 Å². The van der Waals surface area contributed by atoms with Crippen molar-refractivity contribution in [3.63, 3.8) is 0 Å². The Morgan fingerprint density at radius 2 is 1.70 bits per heavy atom. The van der Waals surface area contributed by atoms with Crippen molar-refractivity contribution in [2.45, 2.75) is 83.4 Å². The number of aromatic nitrogens is 1. The maximum atomic E-state index is 12.2. The van der Waals surface area contributed by atoms with E-state index in [0.29, 0.717) is 5.69 Å². The molecule has 0 N–H and O–H groups in total. The second-order valence-corrected chi connectivity index (χ2v) is 17.8. The normalized spacial score (nSPS) is 19.6. The summed E-state index contributed by atoms with van der Waals surface area (Å²) in [6.45, 7) is 17.1. The summed E-state index contributed by atoms with van der Waals surface area (Å²) in [7, 11) is -1.83. The molecule has 0 bridgehead atoms. The van der Waals surface area contributed by atoms with Crippen LogP contribution in [0.15, 0.2) is 13.5 Å². The topological polar surface area (TPSA) is 57.5 Å². The van der Waals surface area contributed by atoms with E-state index < -0.39 is 19.7 Å². The van der Waals surface area contributed by atoms with Gasteiger partial charge in [-0.15, -0.1) is 0 Å². The van der Waals surface area contributed by atoms with Crippen LogP contribution >= 0.6 is 31.9 Å². The Morgan fingerprint density at radius 3 is 2.22 bits per heavy atom. The summed E-state index contributed by atoms with van der Waals surface area (Å²) in [6, 6.07) is 0. The SMILES string of the molecule is CC(C)(C)[S@+]([O-])N=Cc1nc(Br)c2c(c1Br)CC(O[Si](C)(C)C(C)(C)C)C2. The average Bonchev–Trinajstić information content (AvgIpc) is 2.90. The van der Waals surface area contributed by atoms with Crippen molar-refractivity contribution < 1.29 is 8.98 Å². The first kappa shape index (κ1) is 23.5. The smallest absolute Gasteiger partial charge is 0.192 e. The lowest BCUT2D eigenvalue weighted by atomic mass is 10.1. The zero-order chi connectivity index (χ0) is 20.8. The minimum atomic E-state index is -1.83. The Labute approximate surface area is 184 Å². The first-order chi connectivity index (χ1) is 12.1. The quantitative estimate of drug-likeness (QED) is 0.205. The first-order valence-corrected chi connectivity index (χ1v) is 14.7. The predicted octanol–water partition coefficient (Wildman–Crippen LogP) is 5.98. The summed E-state index contributed by atoms with van der Waals surface area (Å²) in [5.41, 5.74) is 3.11. The number of hydrogen-bond donors (Lipinski definition) is 0. The Morgan fingerprint density at radius 1 is 1.15 bits per heavy atom. The third-order valence-electron chi connectivity index (χ3n) is 5.25. The average molecular weight is 538 g/mol. The van der Waals surface area contributed by atoms with E-state index in [1.165, 1.54) is 11.1 Å². The monoisotopic (exact) mass is 536 g/mol. The molecule has 1 aromatic rings. The zero-order valence-corrected chi connectivity index (χ0v) is 22.4. The molecule has 1 aliphatic rings. The summed E-state index contributed by atoms with van der Waals surface area (Å²) in [5.74, 6) is 0. The highest BCUT2D eigenvalue weighted by molar-refractivity contribution is 9.11. The lowest BCUT2D eigenvalue weighted by Gasteiger charge is -2.38. The lowest BCUT2D eigenvalue weighted by molar-refractivity contribution is 0.191.